The predicted molar refractivity (Wildman–Crippen MR) is 83.5 cm³/mol. The van der Waals surface area contributed by atoms with Gasteiger partial charge >= 0.3 is 0 Å². The second-order valence-corrected chi connectivity index (χ2v) is 5.81. The van der Waals surface area contributed by atoms with Crippen LogP contribution in [0.3, 0.4) is 0 Å². The average molecular weight is 335 g/mol. The third-order valence-corrected chi connectivity index (χ3v) is 3.92. The molecule has 1 aromatic carbocycles. The quantitative estimate of drug-likeness (QED) is 0.768. The molecule has 3 aromatic rings. The molecule has 8 heteroatoms. The van der Waals surface area contributed by atoms with Crippen molar-refractivity contribution >= 4 is 28.8 Å². The number of aromatic nitrogens is 3. The molecular weight excluding hydrogens is 324 g/mol. The topological polar surface area (TPSA) is 80.0 Å². The molecule has 2 N–H and O–H groups in total. The molecule has 0 unspecified atom stereocenters. The number of thiazole rings is 1. The zero-order valence-corrected chi connectivity index (χ0v) is 12.8. The normalized spacial score (nSPS) is 10.6. The van der Waals surface area contributed by atoms with Gasteiger partial charge in [-0.2, -0.15) is 5.10 Å². The van der Waals surface area contributed by atoms with Crippen molar-refractivity contribution in [3.8, 4) is 11.4 Å². The Morgan fingerprint density at radius 1 is 1.36 bits per heavy atom. The molecule has 0 spiro atoms. The number of nitrogens with zero attached hydrogens (tertiary/aromatic N) is 3. The Balaban J connectivity index is 1.76. The minimum atomic E-state index is -0.458. The van der Waals surface area contributed by atoms with Crippen LogP contribution < -0.4 is 5.32 Å². The minimum Gasteiger partial charge on any atom is -0.504 e. The Labute approximate surface area is 135 Å². The standard InChI is InChI=1S/C14H11ClN4O2S/c15-9-1-3-10(4-2-9)19-8-11(20)13(18-19)14(21)17-7-12-16-5-6-22-12/h1-6,8,20H,7H2,(H,17,21). The molecule has 3 rings (SSSR count). The molecule has 2 heterocycles. The van der Waals surface area contributed by atoms with Crippen molar-refractivity contribution in [2.45, 2.75) is 6.54 Å². The number of amides is 1. The summed E-state index contributed by atoms with van der Waals surface area (Å²) in [5.74, 6) is -0.646. The number of carbonyl (C=O) groups is 1. The van der Waals surface area contributed by atoms with Gasteiger partial charge in [-0.05, 0) is 24.3 Å². The van der Waals surface area contributed by atoms with Gasteiger partial charge in [0.2, 0.25) is 0 Å². The van der Waals surface area contributed by atoms with Crippen LogP contribution in [0, 0.1) is 0 Å². The van der Waals surface area contributed by atoms with Gasteiger partial charge in [0.25, 0.3) is 5.91 Å². The number of aromatic hydroxyl groups is 1. The van der Waals surface area contributed by atoms with E-state index in [-0.39, 0.29) is 11.4 Å². The first-order valence-electron chi connectivity index (χ1n) is 6.34. The predicted octanol–water partition coefficient (Wildman–Crippen LogP) is 2.62. The van der Waals surface area contributed by atoms with Crippen molar-refractivity contribution in [1.82, 2.24) is 20.1 Å². The van der Waals surface area contributed by atoms with E-state index in [0.29, 0.717) is 17.3 Å². The van der Waals surface area contributed by atoms with Crippen molar-refractivity contribution in [2.75, 3.05) is 0 Å². The minimum absolute atomic E-state index is 0.0356. The molecule has 0 radical (unpaired) electrons. The number of nitrogens with one attached hydrogen (secondary N) is 1. The largest absolute Gasteiger partial charge is 0.504 e. The van der Waals surface area contributed by atoms with Gasteiger partial charge in [0, 0.05) is 16.6 Å². The summed E-state index contributed by atoms with van der Waals surface area (Å²) in [4.78, 5) is 16.1. The summed E-state index contributed by atoms with van der Waals surface area (Å²) in [6, 6.07) is 6.90. The van der Waals surface area contributed by atoms with Crippen molar-refractivity contribution < 1.29 is 9.90 Å². The fourth-order valence-corrected chi connectivity index (χ4v) is 2.51. The number of rotatable bonds is 4. The highest BCUT2D eigenvalue weighted by Crippen LogP contribution is 2.19. The van der Waals surface area contributed by atoms with E-state index in [9.17, 15) is 9.90 Å². The Hall–Kier alpha value is -2.38. The first-order valence-corrected chi connectivity index (χ1v) is 7.60. The van der Waals surface area contributed by atoms with Crippen molar-refractivity contribution in [3.05, 3.63) is 57.8 Å². The van der Waals surface area contributed by atoms with Crippen molar-refractivity contribution in [3.63, 3.8) is 0 Å². The van der Waals surface area contributed by atoms with Crippen LogP contribution in [0.15, 0.2) is 42.0 Å². The Bertz CT molecular complexity index is 784. The van der Waals surface area contributed by atoms with E-state index in [1.807, 2.05) is 5.38 Å². The summed E-state index contributed by atoms with van der Waals surface area (Å²) in [7, 11) is 0. The molecule has 1 amide bonds. The summed E-state index contributed by atoms with van der Waals surface area (Å²) in [5, 5.41) is 19.9. The molecule has 6 nitrogen and oxygen atoms in total. The zero-order valence-electron chi connectivity index (χ0n) is 11.2. The maximum Gasteiger partial charge on any atom is 0.276 e. The summed E-state index contributed by atoms with van der Waals surface area (Å²) < 4.78 is 1.42. The summed E-state index contributed by atoms with van der Waals surface area (Å²) >= 11 is 7.27. The molecule has 0 fully saturated rings. The van der Waals surface area contributed by atoms with Crippen LogP contribution in [0.5, 0.6) is 5.75 Å². The molecular formula is C14H11ClN4O2S. The molecule has 0 aliphatic heterocycles. The van der Waals surface area contributed by atoms with Crippen molar-refractivity contribution in [1.29, 1.82) is 0 Å². The Morgan fingerprint density at radius 3 is 2.82 bits per heavy atom. The highest BCUT2D eigenvalue weighted by atomic mass is 35.5. The van der Waals surface area contributed by atoms with E-state index in [1.54, 1.807) is 30.5 Å². The number of halogens is 1. The lowest BCUT2D eigenvalue weighted by Gasteiger charge is -2.01. The van der Waals surface area contributed by atoms with E-state index < -0.39 is 5.91 Å². The first-order chi connectivity index (χ1) is 10.6. The lowest BCUT2D eigenvalue weighted by Crippen LogP contribution is -2.23. The fourth-order valence-electron chi connectivity index (χ4n) is 1.83. The van der Waals surface area contributed by atoms with Crippen LogP contribution in [-0.4, -0.2) is 25.8 Å². The molecule has 2 aromatic heterocycles. The van der Waals surface area contributed by atoms with E-state index in [2.05, 4.69) is 15.4 Å². The van der Waals surface area contributed by atoms with E-state index in [1.165, 1.54) is 22.2 Å². The second kappa shape index (κ2) is 6.17. The van der Waals surface area contributed by atoms with Gasteiger partial charge in [-0.1, -0.05) is 11.6 Å². The highest BCUT2D eigenvalue weighted by molar-refractivity contribution is 7.09. The lowest BCUT2D eigenvalue weighted by atomic mass is 10.3. The average Bonchev–Trinajstić information content (AvgIpc) is 3.15. The van der Waals surface area contributed by atoms with Gasteiger partial charge in [0.15, 0.2) is 11.4 Å². The third-order valence-electron chi connectivity index (χ3n) is 2.88. The van der Waals surface area contributed by atoms with Crippen LogP contribution in [0.2, 0.25) is 5.02 Å². The smallest absolute Gasteiger partial charge is 0.276 e. The van der Waals surface area contributed by atoms with Crippen LogP contribution >= 0.6 is 22.9 Å². The molecule has 112 valence electrons. The van der Waals surface area contributed by atoms with Gasteiger partial charge in [-0.3, -0.25) is 4.79 Å². The molecule has 0 saturated heterocycles. The third kappa shape index (κ3) is 3.10. The van der Waals surface area contributed by atoms with Crippen LogP contribution in [0.4, 0.5) is 0 Å². The SMILES string of the molecule is O=C(NCc1nccs1)c1nn(-c2ccc(Cl)cc2)cc1O. The number of hydrogen-bond donors (Lipinski definition) is 2. The number of benzene rings is 1. The molecule has 0 atom stereocenters. The van der Waals surface area contributed by atoms with Crippen molar-refractivity contribution in [2.24, 2.45) is 0 Å². The van der Waals surface area contributed by atoms with Gasteiger partial charge in [-0.25, -0.2) is 9.67 Å². The monoisotopic (exact) mass is 334 g/mol. The summed E-state index contributed by atoms with van der Waals surface area (Å²) in [6.07, 6.45) is 3.04. The van der Waals surface area contributed by atoms with Gasteiger partial charge in [0.05, 0.1) is 18.4 Å². The van der Waals surface area contributed by atoms with Gasteiger partial charge in [0.1, 0.15) is 5.01 Å². The van der Waals surface area contributed by atoms with E-state index in [4.69, 9.17) is 11.6 Å². The fraction of sp³-hybridized carbons (Fsp3) is 0.0714. The highest BCUT2D eigenvalue weighted by Gasteiger charge is 2.17. The van der Waals surface area contributed by atoms with Crippen LogP contribution in [-0.2, 0) is 6.54 Å². The summed E-state index contributed by atoms with van der Waals surface area (Å²) in [5.41, 5.74) is 0.658. The van der Waals surface area contributed by atoms with Crippen LogP contribution in [0.1, 0.15) is 15.5 Å². The zero-order chi connectivity index (χ0) is 15.5. The van der Waals surface area contributed by atoms with Crippen LogP contribution in [0.25, 0.3) is 5.69 Å². The molecule has 0 aliphatic carbocycles. The maximum atomic E-state index is 12.1. The molecule has 0 aliphatic rings. The number of carbonyl (C=O) groups excluding carboxylic acids is 1. The molecule has 0 bridgehead atoms. The first kappa shape index (κ1) is 14.6. The van der Waals surface area contributed by atoms with Gasteiger partial charge in [-0.15, -0.1) is 11.3 Å². The summed E-state index contributed by atoms with van der Waals surface area (Å²) in [6.45, 7) is 0.295. The second-order valence-electron chi connectivity index (χ2n) is 4.39. The number of hydrogen-bond acceptors (Lipinski definition) is 5. The Morgan fingerprint density at radius 2 is 2.14 bits per heavy atom. The van der Waals surface area contributed by atoms with Gasteiger partial charge < -0.3 is 10.4 Å². The van der Waals surface area contributed by atoms with E-state index >= 15 is 0 Å². The Kier molecular flexibility index (Phi) is 4.08. The molecule has 22 heavy (non-hydrogen) atoms. The maximum absolute atomic E-state index is 12.1. The lowest BCUT2D eigenvalue weighted by molar-refractivity contribution is 0.0943. The molecule has 0 saturated carbocycles. The van der Waals surface area contributed by atoms with E-state index in [0.717, 1.165) is 5.01 Å².